The summed E-state index contributed by atoms with van der Waals surface area (Å²) < 4.78 is 18.8. The van der Waals surface area contributed by atoms with E-state index in [0.29, 0.717) is 18.4 Å². The van der Waals surface area contributed by atoms with Gasteiger partial charge in [-0.05, 0) is 18.6 Å². The van der Waals surface area contributed by atoms with Crippen LogP contribution in [0, 0.1) is 12.7 Å². The highest BCUT2D eigenvalue weighted by atomic mass is 19.1. The fourth-order valence-electron chi connectivity index (χ4n) is 2.03. The number of benzene rings is 1. The lowest BCUT2D eigenvalue weighted by Crippen LogP contribution is -2.29. The maximum absolute atomic E-state index is 13.4. The zero-order chi connectivity index (χ0) is 11.0. The van der Waals surface area contributed by atoms with Gasteiger partial charge in [0.05, 0.1) is 6.04 Å². The number of hydrogen-bond acceptors (Lipinski definition) is 2. The van der Waals surface area contributed by atoms with Crippen LogP contribution in [0.4, 0.5) is 4.39 Å². The summed E-state index contributed by atoms with van der Waals surface area (Å²) in [5.41, 5.74) is 2.06. The lowest BCUT2D eigenvalue weighted by atomic mass is 10.0. The van der Waals surface area contributed by atoms with Crippen LogP contribution in [0.5, 0.6) is 5.75 Å². The van der Waals surface area contributed by atoms with Gasteiger partial charge in [0.2, 0.25) is 0 Å². The first-order chi connectivity index (χ1) is 7.09. The van der Waals surface area contributed by atoms with Gasteiger partial charge in [0.15, 0.2) is 11.6 Å². The van der Waals surface area contributed by atoms with Crippen LogP contribution < -0.4 is 10.1 Å². The summed E-state index contributed by atoms with van der Waals surface area (Å²) in [6.45, 7) is 6.66. The van der Waals surface area contributed by atoms with Gasteiger partial charge in [-0.1, -0.05) is 19.9 Å². The van der Waals surface area contributed by atoms with Crippen molar-refractivity contribution in [1.82, 2.24) is 5.32 Å². The Kier molecular flexibility index (Phi) is 2.65. The molecule has 0 saturated heterocycles. The van der Waals surface area contributed by atoms with Crippen LogP contribution in [0.2, 0.25) is 0 Å². The Balaban J connectivity index is 2.37. The van der Waals surface area contributed by atoms with Crippen molar-refractivity contribution in [2.24, 2.45) is 0 Å². The molecule has 0 fully saturated rings. The third kappa shape index (κ3) is 1.84. The minimum atomic E-state index is -0.261. The molecular formula is C12H16FNO. The standard InChI is InChI=1S/C12H16FNO/c1-7(2)14-10-6-15-12-9(13)5-4-8(3)11(10)12/h4-5,7,10,14H,6H2,1-3H3. The van der Waals surface area contributed by atoms with Crippen LogP contribution in [-0.4, -0.2) is 12.6 Å². The molecule has 1 aromatic carbocycles. The molecule has 0 saturated carbocycles. The Hall–Kier alpha value is -1.09. The summed E-state index contributed by atoms with van der Waals surface area (Å²) in [5, 5.41) is 3.37. The molecule has 1 atom stereocenters. The second kappa shape index (κ2) is 3.81. The van der Waals surface area contributed by atoms with Crippen LogP contribution in [0.15, 0.2) is 12.1 Å². The van der Waals surface area contributed by atoms with Crippen molar-refractivity contribution in [3.63, 3.8) is 0 Å². The van der Waals surface area contributed by atoms with Gasteiger partial charge in [0, 0.05) is 11.6 Å². The van der Waals surface area contributed by atoms with Crippen LogP contribution in [-0.2, 0) is 0 Å². The number of aryl methyl sites for hydroxylation is 1. The van der Waals surface area contributed by atoms with E-state index in [0.717, 1.165) is 11.1 Å². The molecular weight excluding hydrogens is 193 g/mol. The molecule has 1 unspecified atom stereocenters. The third-order valence-corrected chi connectivity index (χ3v) is 2.64. The molecule has 0 amide bonds. The average molecular weight is 209 g/mol. The van der Waals surface area contributed by atoms with E-state index >= 15 is 0 Å². The highest BCUT2D eigenvalue weighted by molar-refractivity contribution is 5.45. The monoisotopic (exact) mass is 209 g/mol. The molecule has 0 spiro atoms. The number of hydrogen-bond donors (Lipinski definition) is 1. The molecule has 0 bridgehead atoms. The highest BCUT2D eigenvalue weighted by Crippen LogP contribution is 2.37. The van der Waals surface area contributed by atoms with Crippen LogP contribution >= 0.6 is 0 Å². The molecule has 1 aliphatic rings. The van der Waals surface area contributed by atoms with Crippen molar-refractivity contribution in [3.8, 4) is 5.75 Å². The third-order valence-electron chi connectivity index (χ3n) is 2.64. The summed E-state index contributed by atoms with van der Waals surface area (Å²) in [5.74, 6) is 0.164. The van der Waals surface area contributed by atoms with Crippen molar-refractivity contribution in [2.45, 2.75) is 32.9 Å². The number of halogens is 1. The van der Waals surface area contributed by atoms with E-state index in [2.05, 4.69) is 19.2 Å². The van der Waals surface area contributed by atoms with Crippen molar-refractivity contribution >= 4 is 0 Å². The van der Waals surface area contributed by atoms with Crippen molar-refractivity contribution in [3.05, 3.63) is 29.1 Å². The minimum Gasteiger partial charge on any atom is -0.488 e. The number of fused-ring (bicyclic) bond motifs is 1. The molecule has 0 aromatic heterocycles. The number of ether oxygens (including phenoxy) is 1. The first-order valence-electron chi connectivity index (χ1n) is 5.27. The van der Waals surface area contributed by atoms with Gasteiger partial charge >= 0.3 is 0 Å². The Bertz CT molecular complexity index is 376. The maximum Gasteiger partial charge on any atom is 0.165 e. The van der Waals surface area contributed by atoms with Crippen molar-refractivity contribution in [1.29, 1.82) is 0 Å². The molecule has 1 aliphatic heterocycles. The summed E-state index contributed by atoms with van der Waals surface area (Å²) in [4.78, 5) is 0. The molecule has 1 aromatic rings. The summed E-state index contributed by atoms with van der Waals surface area (Å²) >= 11 is 0. The fraction of sp³-hybridized carbons (Fsp3) is 0.500. The van der Waals surface area contributed by atoms with Crippen molar-refractivity contribution in [2.75, 3.05) is 6.61 Å². The molecule has 2 rings (SSSR count). The highest BCUT2D eigenvalue weighted by Gasteiger charge is 2.28. The molecule has 3 heteroatoms. The first kappa shape index (κ1) is 10.4. The fourth-order valence-corrected chi connectivity index (χ4v) is 2.03. The van der Waals surface area contributed by atoms with Gasteiger partial charge in [-0.2, -0.15) is 0 Å². The summed E-state index contributed by atoms with van der Waals surface area (Å²) in [6.07, 6.45) is 0. The second-order valence-electron chi connectivity index (χ2n) is 4.29. The van der Waals surface area contributed by atoms with Crippen LogP contribution in [0.3, 0.4) is 0 Å². The Morgan fingerprint density at radius 1 is 1.47 bits per heavy atom. The predicted octanol–water partition coefficient (Wildman–Crippen LogP) is 2.57. The molecule has 0 radical (unpaired) electrons. The lowest BCUT2D eigenvalue weighted by Gasteiger charge is -2.16. The average Bonchev–Trinajstić information content (AvgIpc) is 2.56. The topological polar surface area (TPSA) is 21.3 Å². The van der Waals surface area contributed by atoms with Gasteiger partial charge < -0.3 is 10.1 Å². The normalized spacial score (nSPS) is 19.1. The predicted molar refractivity (Wildman–Crippen MR) is 57.6 cm³/mol. The SMILES string of the molecule is Cc1ccc(F)c2c1C(NC(C)C)CO2. The van der Waals surface area contributed by atoms with Gasteiger partial charge in [-0.25, -0.2) is 4.39 Å². The Morgan fingerprint density at radius 3 is 2.87 bits per heavy atom. The van der Waals surface area contributed by atoms with Gasteiger partial charge in [-0.15, -0.1) is 0 Å². The van der Waals surface area contributed by atoms with Gasteiger partial charge in [-0.3, -0.25) is 0 Å². The maximum atomic E-state index is 13.4. The smallest absolute Gasteiger partial charge is 0.165 e. The quantitative estimate of drug-likeness (QED) is 0.808. The first-order valence-corrected chi connectivity index (χ1v) is 5.27. The van der Waals surface area contributed by atoms with E-state index in [1.165, 1.54) is 6.07 Å². The van der Waals surface area contributed by atoms with E-state index in [-0.39, 0.29) is 11.9 Å². The summed E-state index contributed by atoms with van der Waals surface area (Å²) in [7, 11) is 0. The Morgan fingerprint density at radius 2 is 2.20 bits per heavy atom. The number of rotatable bonds is 2. The largest absolute Gasteiger partial charge is 0.488 e. The van der Waals surface area contributed by atoms with Gasteiger partial charge in [0.1, 0.15) is 6.61 Å². The zero-order valence-corrected chi connectivity index (χ0v) is 9.30. The van der Waals surface area contributed by atoms with E-state index in [4.69, 9.17) is 4.74 Å². The minimum absolute atomic E-state index is 0.121. The lowest BCUT2D eigenvalue weighted by molar-refractivity contribution is 0.293. The van der Waals surface area contributed by atoms with Crippen LogP contribution in [0.25, 0.3) is 0 Å². The zero-order valence-electron chi connectivity index (χ0n) is 9.30. The van der Waals surface area contributed by atoms with E-state index < -0.39 is 0 Å². The summed E-state index contributed by atoms with van der Waals surface area (Å²) in [6, 6.07) is 3.76. The molecule has 2 nitrogen and oxygen atoms in total. The van der Waals surface area contributed by atoms with E-state index in [9.17, 15) is 4.39 Å². The van der Waals surface area contributed by atoms with E-state index in [1.54, 1.807) is 6.07 Å². The molecule has 82 valence electrons. The number of nitrogens with one attached hydrogen (secondary N) is 1. The van der Waals surface area contributed by atoms with Gasteiger partial charge in [0.25, 0.3) is 0 Å². The molecule has 15 heavy (non-hydrogen) atoms. The van der Waals surface area contributed by atoms with E-state index in [1.807, 2.05) is 6.92 Å². The Labute approximate surface area is 89.4 Å². The molecule has 1 N–H and O–H groups in total. The molecule has 1 heterocycles. The second-order valence-corrected chi connectivity index (χ2v) is 4.29. The van der Waals surface area contributed by atoms with Crippen LogP contribution in [0.1, 0.15) is 31.0 Å². The molecule has 0 aliphatic carbocycles. The van der Waals surface area contributed by atoms with Crippen molar-refractivity contribution < 1.29 is 9.13 Å².